The van der Waals surface area contributed by atoms with E-state index in [1.807, 2.05) is 33.0 Å². The minimum absolute atomic E-state index is 0.0508. The van der Waals surface area contributed by atoms with Gasteiger partial charge in [0.1, 0.15) is 11.4 Å². The standard InChI is InChI=1S/C13H20N4O/c1-13(2)12(18)16-7-8-17(13)11-10(9-14-3)5-4-6-15-11/h4-6,14H,7-9H2,1-3H3,(H,16,18). The largest absolute Gasteiger partial charge is 0.352 e. The van der Waals surface area contributed by atoms with Crippen LogP contribution in [0.2, 0.25) is 0 Å². The molecule has 0 spiro atoms. The van der Waals surface area contributed by atoms with Gasteiger partial charge in [0, 0.05) is 31.4 Å². The van der Waals surface area contributed by atoms with E-state index in [1.54, 1.807) is 6.20 Å². The smallest absolute Gasteiger partial charge is 0.245 e. The van der Waals surface area contributed by atoms with Gasteiger partial charge in [0.25, 0.3) is 0 Å². The fourth-order valence-electron chi connectivity index (χ4n) is 2.27. The molecule has 1 saturated heterocycles. The van der Waals surface area contributed by atoms with E-state index in [1.165, 1.54) is 0 Å². The lowest BCUT2D eigenvalue weighted by molar-refractivity contribution is -0.126. The van der Waals surface area contributed by atoms with E-state index >= 15 is 0 Å². The average Bonchev–Trinajstić information content (AvgIpc) is 2.34. The van der Waals surface area contributed by atoms with Crippen LogP contribution in [0.15, 0.2) is 18.3 Å². The number of pyridine rings is 1. The molecule has 0 atom stereocenters. The summed E-state index contributed by atoms with van der Waals surface area (Å²) in [6.45, 7) is 6.06. The Morgan fingerprint density at radius 1 is 1.56 bits per heavy atom. The van der Waals surface area contributed by atoms with Crippen molar-refractivity contribution in [3.05, 3.63) is 23.9 Å². The van der Waals surface area contributed by atoms with Crippen LogP contribution in [0.3, 0.4) is 0 Å². The van der Waals surface area contributed by atoms with Crippen LogP contribution in [0, 0.1) is 0 Å². The van der Waals surface area contributed by atoms with E-state index in [0.29, 0.717) is 6.54 Å². The number of carbonyl (C=O) groups excluding carboxylic acids is 1. The van der Waals surface area contributed by atoms with E-state index in [0.717, 1.165) is 24.5 Å². The van der Waals surface area contributed by atoms with Crippen molar-refractivity contribution in [1.82, 2.24) is 15.6 Å². The highest BCUT2D eigenvalue weighted by atomic mass is 16.2. The van der Waals surface area contributed by atoms with Crippen LogP contribution in [0.1, 0.15) is 19.4 Å². The highest BCUT2D eigenvalue weighted by Gasteiger charge is 2.38. The molecule has 2 heterocycles. The second-order valence-corrected chi connectivity index (χ2v) is 4.98. The maximum Gasteiger partial charge on any atom is 0.245 e. The van der Waals surface area contributed by atoms with E-state index in [2.05, 4.69) is 20.5 Å². The summed E-state index contributed by atoms with van der Waals surface area (Å²) in [7, 11) is 1.91. The monoisotopic (exact) mass is 248 g/mol. The lowest BCUT2D eigenvalue weighted by Crippen LogP contribution is -2.62. The van der Waals surface area contributed by atoms with Gasteiger partial charge in [-0.25, -0.2) is 4.98 Å². The molecule has 1 aromatic rings. The van der Waals surface area contributed by atoms with Crippen molar-refractivity contribution < 1.29 is 4.79 Å². The molecule has 98 valence electrons. The lowest BCUT2D eigenvalue weighted by atomic mass is 9.98. The fraction of sp³-hybridized carbons (Fsp3) is 0.538. The van der Waals surface area contributed by atoms with E-state index in [-0.39, 0.29) is 5.91 Å². The molecule has 1 aromatic heterocycles. The van der Waals surface area contributed by atoms with Crippen molar-refractivity contribution in [2.75, 3.05) is 25.0 Å². The Bertz CT molecular complexity index is 444. The van der Waals surface area contributed by atoms with Crippen molar-refractivity contribution in [2.24, 2.45) is 0 Å². The second kappa shape index (κ2) is 4.94. The molecule has 5 heteroatoms. The molecule has 0 bridgehead atoms. The Balaban J connectivity index is 2.38. The van der Waals surface area contributed by atoms with Gasteiger partial charge < -0.3 is 15.5 Å². The van der Waals surface area contributed by atoms with Crippen molar-refractivity contribution in [3.63, 3.8) is 0 Å². The first-order valence-electron chi connectivity index (χ1n) is 6.22. The number of piperazine rings is 1. The normalized spacial score (nSPS) is 18.6. The number of hydrogen-bond donors (Lipinski definition) is 2. The Morgan fingerprint density at radius 2 is 2.33 bits per heavy atom. The predicted molar refractivity (Wildman–Crippen MR) is 71.4 cm³/mol. The third-order valence-corrected chi connectivity index (χ3v) is 3.34. The first-order chi connectivity index (χ1) is 8.57. The fourth-order valence-corrected chi connectivity index (χ4v) is 2.27. The number of aromatic nitrogens is 1. The van der Waals surface area contributed by atoms with E-state index in [4.69, 9.17) is 0 Å². The second-order valence-electron chi connectivity index (χ2n) is 4.98. The molecule has 2 rings (SSSR count). The molecular weight excluding hydrogens is 228 g/mol. The Morgan fingerprint density at radius 3 is 3.06 bits per heavy atom. The topological polar surface area (TPSA) is 57.3 Å². The minimum Gasteiger partial charge on any atom is -0.352 e. The maximum absolute atomic E-state index is 12.0. The summed E-state index contributed by atoms with van der Waals surface area (Å²) in [5.41, 5.74) is 0.553. The zero-order valence-electron chi connectivity index (χ0n) is 11.2. The van der Waals surface area contributed by atoms with Gasteiger partial charge in [0.15, 0.2) is 0 Å². The minimum atomic E-state index is -0.560. The summed E-state index contributed by atoms with van der Waals surface area (Å²) >= 11 is 0. The van der Waals surface area contributed by atoms with Gasteiger partial charge in [0.2, 0.25) is 5.91 Å². The van der Waals surface area contributed by atoms with Gasteiger partial charge in [-0.15, -0.1) is 0 Å². The number of carbonyl (C=O) groups is 1. The first kappa shape index (κ1) is 12.8. The Kier molecular flexibility index (Phi) is 3.52. The predicted octanol–water partition coefficient (Wildman–Crippen LogP) is 0.516. The van der Waals surface area contributed by atoms with Gasteiger partial charge in [0.05, 0.1) is 0 Å². The SMILES string of the molecule is CNCc1cccnc1N1CCNC(=O)C1(C)C. The summed E-state index contributed by atoms with van der Waals surface area (Å²) in [5, 5.41) is 6.03. The molecule has 0 unspecified atom stereocenters. The van der Waals surface area contributed by atoms with Gasteiger partial charge in [-0.2, -0.15) is 0 Å². The van der Waals surface area contributed by atoms with Gasteiger partial charge in [-0.1, -0.05) is 6.07 Å². The molecule has 0 saturated carbocycles. The molecule has 1 amide bonds. The van der Waals surface area contributed by atoms with Crippen LogP contribution in [-0.4, -0.2) is 36.6 Å². The zero-order chi connectivity index (χ0) is 13.2. The van der Waals surface area contributed by atoms with Crippen molar-refractivity contribution in [2.45, 2.75) is 25.9 Å². The Hall–Kier alpha value is -1.62. The molecule has 5 nitrogen and oxygen atoms in total. The maximum atomic E-state index is 12.0. The van der Waals surface area contributed by atoms with Crippen molar-refractivity contribution >= 4 is 11.7 Å². The van der Waals surface area contributed by atoms with Gasteiger partial charge >= 0.3 is 0 Å². The van der Waals surface area contributed by atoms with Crippen LogP contribution < -0.4 is 15.5 Å². The Labute approximate surface area is 108 Å². The molecule has 18 heavy (non-hydrogen) atoms. The molecular formula is C13H20N4O. The molecule has 1 aliphatic heterocycles. The number of anilines is 1. The van der Waals surface area contributed by atoms with Crippen LogP contribution >= 0.6 is 0 Å². The summed E-state index contributed by atoms with van der Waals surface area (Å²) in [5.74, 6) is 0.946. The molecule has 1 aliphatic rings. The number of nitrogens with zero attached hydrogens (tertiary/aromatic N) is 2. The van der Waals surface area contributed by atoms with E-state index < -0.39 is 5.54 Å². The average molecular weight is 248 g/mol. The summed E-state index contributed by atoms with van der Waals surface area (Å²) < 4.78 is 0. The molecule has 2 N–H and O–H groups in total. The summed E-state index contributed by atoms with van der Waals surface area (Å²) in [6.07, 6.45) is 1.77. The first-order valence-corrected chi connectivity index (χ1v) is 6.22. The molecule has 0 aliphatic carbocycles. The van der Waals surface area contributed by atoms with Gasteiger partial charge in [-0.05, 0) is 27.0 Å². The number of amides is 1. The third kappa shape index (κ3) is 2.18. The quantitative estimate of drug-likeness (QED) is 0.818. The highest BCUT2D eigenvalue weighted by Crippen LogP contribution is 2.27. The zero-order valence-corrected chi connectivity index (χ0v) is 11.2. The van der Waals surface area contributed by atoms with Crippen LogP contribution in [0.25, 0.3) is 0 Å². The van der Waals surface area contributed by atoms with Crippen molar-refractivity contribution in [3.8, 4) is 0 Å². The van der Waals surface area contributed by atoms with Gasteiger partial charge in [-0.3, -0.25) is 4.79 Å². The number of hydrogen-bond acceptors (Lipinski definition) is 4. The highest BCUT2D eigenvalue weighted by molar-refractivity contribution is 5.90. The van der Waals surface area contributed by atoms with Crippen LogP contribution in [0.5, 0.6) is 0 Å². The van der Waals surface area contributed by atoms with Crippen LogP contribution in [-0.2, 0) is 11.3 Å². The summed E-state index contributed by atoms with van der Waals surface area (Å²) in [6, 6.07) is 3.97. The summed E-state index contributed by atoms with van der Waals surface area (Å²) in [4.78, 5) is 18.5. The molecule has 0 radical (unpaired) electrons. The number of nitrogens with one attached hydrogen (secondary N) is 2. The molecule has 1 fully saturated rings. The van der Waals surface area contributed by atoms with E-state index in [9.17, 15) is 4.79 Å². The van der Waals surface area contributed by atoms with Crippen molar-refractivity contribution in [1.29, 1.82) is 0 Å². The lowest BCUT2D eigenvalue weighted by Gasteiger charge is -2.42. The number of rotatable bonds is 3. The third-order valence-electron chi connectivity index (χ3n) is 3.34. The van der Waals surface area contributed by atoms with Crippen LogP contribution in [0.4, 0.5) is 5.82 Å². The molecule has 0 aromatic carbocycles.